The van der Waals surface area contributed by atoms with Crippen molar-refractivity contribution in [2.75, 3.05) is 0 Å². The minimum absolute atomic E-state index is 0.0223. The monoisotopic (exact) mass is 578 g/mol. The zero-order valence-electron chi connectivity index (χ0n) is 21.6. The van der Waals surface area contributed by atoms with Crippen LogP contribution in [0.2, 0.25) is 0 Å². The molecule has 2 aliphatic rings. The Morgan fingerprint density at radius 3 is 1.57 bits per heavy atom. The molecule has 0 fully saturated rings. The minimum atomic E-state index is -1.33. The predicted octanol–water partition coefficient (Wildman–Crippen LogP) is 3.07. The summed E-state index contributed by atoms with van der Waals surface area (Å²) in [6.45, 7) is 0. The van der Waals surface area contributed by atoms with Crippen LogP contribution in [0.1, 0.15) is 34.5 Å². The normalized spacial score (nSPS) is 21.1. The summed E-state index contributed by atoms with van der Waals surface area (Å²) in [6, 6.07) is 9.39. The zero-order valence-corrected chi connectivity index (χ0v) is 21.6. The SMILES string of the molecule is Oc1cc(O)c2c(c1)OC(c1cc(O)c(O)cc1-c1c(C3Oc4cc(O)cc(O)c4CC3O)ccc(O)c1O)C(O)C2. The fourth-order valence-electron chi connectivity index (χ4n) is 5.62. The Kier molecular flexibility index (Phi) is 6.24. The van der Waals surface area contributed by atoms with Gasteiger partial charge in [-0.15, -0.1) is 0 Å². The average Bonchev–Trinajstić information content (AvgIpc) is 2.92. The molecule has 0 saturated heterocycles. The van der Waals surface area contributed by atoms with E-state index in [4.69, 9.17) is 9.47 Å². The lowest BCUT2D eigenvalue weighted by molar-refractivity contribution is 0.0190. The van der Waals surface area contributed by atoms with Gasteiger partial charge in [0.05, 0.1) is 12.2 Å². The third kappa shape index (κ3) is 4.33. The molecule has 10 N–H and O–H groups in total. The molecule has 2 heterocycles. The summed E-state index contributed by atoms with van der Waals surface area (Å²) in [5.74, 6) is -3.53. The summed E-state index contributed by atoms with van der Waals surface area (Å²) in [5.41, 5.74) is 0.454. The average molecular weight is 579 g/mol. The number of aromatic hydroxyl groups is 8. The molecule has 4 atom stereocenters. The molecule has 0 aromatic heterocycles. The van der Waals surface area contributed by atoms with Gasteiger partial charge in [0.2, 0.25) is 0 Å². The zero-order chi connectivity index (χ0) is 30.0. The Balaban J connectivity index is 1.53. The van der Waals surface area contributed by atoms with Crippen LogP contribution in [0.5, 0.6) is 57.5 Å². The van der Waals surface area contributed by atoms with Crippen molar-refractivity contribution in [1.29, 1.82) is 0 Å². The molecule has 4 unspecified atom stereocenters. The number of rotatable bonds is 3. The second-order valence-electron chi connectivity index (χ2n) is 10.3. The van der Waals surface area contributed by atoms with Gasteiger partial charge in [-0.05, 0) is 23.8 Å². The van der Waals surface area contributed by atoms with Gasteiger partial charge in [0, 0.05) is 64.9 Å². The van der Waals surface area contributed by atoms with Crippen LogP contribution in [0, 0.1) is 0 Å². The van der Waals surface area contributed by atoms with Crippen molar-refractivity contribution in [2.24, 2.45) is 0 Å². The van der Waals surface area contributed by atoms with Crippen LogP contribution < -0.4 is 9.47 Å². The first-order valence-corrected chi connectivity index (χ1v) is 12.8. The van der Waals surface area contributed by atoms with E-state index in [0.29, 0.717) is 0 Å². The van der Waals surface area contributed by atoms with Gasteiger partial charge >= 0.3 is 0 Å². The number of benzene rings is 4. The maximum absolute atomic E-state index is 11.1. The van der Waals surface area contributed by atoms with Crippen LogP contribution in [-0.2, 0) is 12.8 Å². The van der Waals surface area contributed by atoms with Crippen molar-refractivity contribution >= 4 is 0 Å². The number of phenolic OH excluding ortho intramolecular Hbond substituents is 8. The Morgan fingerprint density at radius 2 is 1.02 bits per heavy atom. The van der Waals surface area contributed by atoms with Gasteiger partial charge in [-0.1, -0.05) is 6.07 Å². The molecule has 0 bridgehead atoms. The highest BCUT2D eigenvalue weighted by Crippen LogP contribution is 2.52. The first-order valence-electron chi connectivity index (χ1n) is 12.8. The van der Waals surface area contributed by atoms with Gasteiger partial charge in [-0.2, -0.15) is 0 Å². The molecule has 0 spiro atoms. The lowest BCUT2D eigenvalue weighted by Gasteiger charge is -2.34. The quantitative estimate of drug-likeness (QED) is 0.159. The molecule has 2 aliphatic heterocycles. The first kappa shape index (κ1) is 27.0. The number of aliphatic hydroxyl groups excluding tert-OH is 2. The predicted molar refractivity (Wildman–Crippen MR) is 144 cm³/mol. The third-order valence-electron chi connectivity index (χ3n) is 7.59. The molecule has 0 radical (unpaired) electrons. The highest BCUT2D eigenvalue weighted by Gasteiger charge is 2.38. The van der Waals surface area contributed by atoms with Gasteiger partial charge in [-0.3, -0.25) is 0 Å². The van der Waals surface area contributed by atoms with Crippen molar-refractivity contribution < 1.29 is 60.5 Å². The number of aliphatic hydroxyl groups is 2. The molecular weight excluding hydrogens is 552 g/mol. The number of hydrogen-bond acceptors (Lipinski definition) is 12. The lowest BCUT2D eigenvalue weighted by atomic mass is 9.84. The lowest BCUT2D eigenvalue weighted by Crippen LogP contribution is -2.32. The Labute approximate surface area is 237 Å². The summed E-state index contributed by atoms with van der Waals surface area (Å²) >= 11 is 0. The fourth-order valence-corrected chi connectivity index (χ4v) is 5.62. The van der Waals surface area contributed by atoms with E-state index in [9.17, 15) is 51.1 Å². The van der Waals surface area contributed by atoms with E-state index < -0.39 is 47.4 Å². The van der Waals surface area contributed by atoms with E-state index >= 15 is 0 Å². The minimum Gasteiger partial charge on any atom is -0.508 e. The summed E-state index contributed by atoms with van der Waals surface area (Å²) in [7, 11) is 0. The topological polar surface area (TPSA) is 221 Å². The molecule has 12 heteroatoms. The van der Waals surface area contributed by atoms with E-state index in [-0.39, 0.29) is 80.7 Å². The van der Waals surface area contributed by atoms with E-state index in [2.05, 4.69) is 0 Å². The standard InChI is InChI=1S/C30H26O12/c31-11-3-19(34)16-9-23(38)29(41-25(16)5-11)13-1-2-18(33)28(40)27(13)14-7-21(36)22(37)8-15(14)30-24(39)10-17-20(35)4-12(32)6-26(17)42-30/h1-8,23-24,29-40H,9-10H2. The summed E-state index contributed by atoms with van der Waals surface area (Å²) in [6.07, 6.45) is -5.35. The van der Waals surface area contributed by atoms with Gasteiger partial charge in [0.15, 0.2) is 35.2 Å². The molecule has 4 aromatic rings. The first-order chi connectivity index (χ1) is 19.9. The molecule has 218 valence electrons. The van der Waals surface area contributed by atoms with E-state index in [1.165, 1.54) is 18.2 Å². The number of hydrogen-bond donors (Lipinski definition) is 10. The largest absolute Gasteiger partial charge is 0.508 e. The van der Waals surface area contributed by atoms with Gasteiger partial charge in [-0.25, -0.2) is 0 Å². The smallest absolute Gasteiger partial charge is 0.165 e. The molecule has 4 aromatic carbocycles. The van der Waals surface area contributed by atoms with Crippen molar-refractivity contribution in [3.63, 3.8) is 0 Å². The van der Waals surface area contributed by atoms with Crippen molar-refractivity contribution in [3.05, 3.63) is 70.8 Å². The summed E-state index contributed by atoms with van der Waals surface area (Å²) in [5, 5.41) is 105. The number of ether oxygens (including phenoxy) is 2. The van der Waals surface area contributed by atoms with Gasteiger partial charge < -0.3 is 60.5 Å². The molecule has 6 rings (SSSR count). The van der Waals surface area contributed by atoms with Gasteiger partial charge in [0.1, 0.15) is 34.5 Å². The Hall–Kier alpha value is -5.20. The summed E-state index contributed by atoms with van der Waals surface area (Å²) in [4.78, 5) is 0. The maximum atomic E-state index is 11.1. The van der Waals surface area contributed by atoms with Crippen molar-refractivity contribution in [2.45, 2.75) is 37.3 Å². The number of fused-ring (bicyclic) bond motifs is 2. The highest BCUT2D eigenvalue weighted by atomic mass is 16.5. The Morgan fingerprint density at radius 1 is 0.524 bits per heavy atom. The van der Waals surface area contributed by atoms with Crippen LogP contribution in [0.3, 0.4) is 0 Å². The maximum Gasteiger partial charge on any atom is 0.165 e. The van der Waals surface area contributed by atoms with E-state index in [0.717, 1.165) is 30.3 Å². The van der Waals surface area contributed by atoms with Crippen LogP contribution in [-0.4, -0.2) is 63.3 Å². The number of phenols is 8. The molecular formula is C30H26O12. The van der Waals surface area contributed by atoms with Crippen LogP contribution in [0.15, 0.2) is 48.5 Å². The second-order valence-corrected chi connectivity index (χ2v) is 10.3. The van der Waals surface area contributed by atoms with E-state index in [1.807, 2.05) is 0 Å². The molecule has 0 aliphatic carbocycles. The third-order valence-corrected chi connectivity index (χ3v) is 7.59. The summed E-state index contributed by atoms with van der Waals surface area (Å²) < 4.78 is 11.9. The highest BCUT2D eigenvalue weighted by molar-refractivity contribution is 5.82. The van der Waals surface area contributed by atoms with Crippen LogP contribution >= 0.6 is 0 Å². The van der Waals surface area contributed by atoms with Crippen molar-refractivity contribution in [3.8, 4) is 68.6 Å². The van der Waals surface area contributed by atoms with Crippen LogP contribution in [0.25, 0.3) is 11.1 Å². The second kappa shape index (κ2) is 9.72. The van der Waals surface area contributed by atoms with Crippen molar-refractivity contribution in [1.82, 2.24) is 0 Å². The fraction of sp³-hybridized carbons (Fsp3) is 0.200. The molecule has 12 nitrogen and oxygen atoms in total. The molecule has 42 heavy (non-hydrogen) atoms. The molecule has 0 amide bonds. The van der Waals surface area contributed by atoms with Crippen LogP contribution in [0.4, 0.5) is 0 Å². The van der Waals surface area contributed by atoms with Gasteiger partial charge in [0.25, 0.3) is 0 Å². The molecule has 0 saturated carbocycles. The van der Waals surface area contributed by atoms with E-state index in [1.54, 1.807) is 0 Å². The Bertz CT molecular complexity index is 1730.